The van der Waals surface area contributed by atoms with Gasteiger partial charge < -0.3 is 41.4 Å². The van der Waals surface area contributed by atoms with E-state index >= 15 is 0 Å². The Kier molecular flexibility index (Phi) is 18.2. The molecule has 54 heavy (non-hydrogen) atoms. The second kappa shape index (κ2) is 22.0. The zero-order valence-electron chi connectivity index (χ0n) is 30.2. The lowest BCUT2D eigenvalue weighted by Gasteiger charge is -2.27. The SMILES string of the molecule is CC(=O)OCc1ccc(NC(=O)[C@H](CCCNC(N)=O)NC(=O)[C@@H](NC(=O)CCN(CCOCCS(=O)(=O)O)C(=O)CN2C(=O)C=CC2=O)C(C)C)cc1. The van der Waals surface area contributed by atoms with Crippen LogP contribution in [0, 0.1) is 5.92 Å². The number of esters is 1. The van der Waals surface area contributed by atoms with Gasteiger partial charge in [-0.15, -0.1) is 0 Å². The Hall–Kier alpha value is -5.41. The summed E-state index contributed by atoms with van der Waals surface area (Å²) in [7, 11) is -4.29. The quantitative estimate of drug-likeness (QED) is 0.0330. The number of imide groups is 1. The van der Waals surface area contributed by atoms with Crippen molar-refractivity contribution < 1.29 is 60.8 Å². The molecule has 0 spiro atoms. The molecule has 1 heterocycles. The van der Waals surface area contributed by atoms with Gasteiger partial charge in [0.15, 0.2) is 0 Å². The van der Waals surface area contributed by atoms with Crippen molar-refractivity contribution in [2.75, 3.05) is 50.5 Å². The molecule has 1 aromatic carbocycles. The maximum absolute atomic E-state index is 13.5. The predicted molar refractivity (Wildman–Crippen MR) is 190 cm³/mol. The van der Waals surface area contributed by atoms with E-state index in [-0.39, 0.29) is 58.7 Å². The number of nitrogens with one attached hydrogen (secondary N) is 4. The number of carbonyl (C=O) groups excluding carboxylic acids is 8. The van der Waals surface area contributed by atoms with Gasteiger partial charge >= 0.3 is 12.0 Å². The van der Waals surface area contributed by atoms with Crippen LogP contribution in [0.15, 0.2) is 36.4 Å². The number of amides is 8. The smallest absolute Gasteiger partial charge is 0.312 e. The Bertz CT molecular complexity index is 1650. The molecular formula is C33H47N7O13S. The summed E-state index contributed by atoms with van der Waals surface area (Å²) in [6.07, 6.45) is 1.98. The largest absolute Gasteiger partial charge is 0.461 e. The average Bonchev–Trinajstić information content (AvgIpc) is 3.40. The zero-order chi connectivity index (χ0) is 40.4. The van der Waals surface area contributed by atoms with Gasteiger partial charge in [0.05, 0.1) is 19.0 Å². The summed E-state index contributed by atoms with van der Waals surface area (Å²) in [5.41, 5.74) is 6.18. The fourth-order valence-electron chi connectivity index (χ4n) is 4.79. The number of carbonyl (C=O) groups is 8. The Labute approximate surface area is 312 Å². The van der Waals surface area contributed by atoms with Crippen molar-refractivity contribution in [2.45, 2.75) is 58.7 Å². The van der Waals surface area contributed by atoms with E-state index in [0.29, 0.717) is 16.2 Å². The molecule has 2 atom stereocenters. The van der Waals surface area contributed by atoms with Crippen molar-refractivity contribution in [1.29, 1.82) is 0 Å². The topological polar surface area (TPSA) is 290 Å². The normalized spacial score (nSPS) is 13.6. The van der Waals surface area contributed by atoms with Crippen molar-refractivity contribution in [3.63, 3.8) is 0 Å². The maximum atomic E-state index is 13.5. The molecule has 21 heteroatoms. The first kappa shape index (κ1) is 44.7. The molecule has 0 aliphatic carbocycles. The number of urea groups is 1. The second-order valence-electron chi connectivity index (χ2n) is 12.4. The van der Waals surface area contributed by atoms with Crippen molar-refractivity contribution >= 4 is 63.2 Å². The number of nitrogens with two attached hydrogens (primary N) is 1. The Balaban J connectivity index is 2.10. The van der Waals surface area contributed by atoms with Gasteiger partial charge in [0.2, 0.25) is 23.6 Å². The van der Waals surface area contributed by atoms with E-state index < -0.39 is 87.9 Å². The minimum Gasteiger partial charge on any atom is -0.461 e. The summed E-state index contributed by atoms with van der Waals surface area (Å²) in [6.45, 7) is 3.09. The van der Waals surface area contributed by atoms with E-state index in [2.05, 4.69) is 21.3 Å². The fourth-order valence-corrected chi connectivity index (χ4v) is 5.12. The molecule has 1 aliphatic heterocycles. The molecule has 8 amide bonds. The fraction of sp³-hybridized carbons (Fsp3) is 0.515. The van der Waals surface area contributed by atoms with Crippen LogP contribution in [-0.4, -0.2) is 127 Å². The summed E-state index contributed by atoms with van der Waals surface area (Å²) >= 11 is 0. The summed E-state index contributed by atoms with van der Waals surface area (Å²) in [4.78, 5) is 101. The molecule has 0 radical (unpaired) electrons. The average molecular weight is 782 g/mol. The van der Waals surface area contributed by atoms with E-state index in [1.165, 1.54) is 6.92 Å². The first-order valence-corrected chi connectivity index (χ1v) is 18.5. The number of nitrogens with zero attached hydrogens (tertiary/aromatic N) is 2. The van der Waals surface area contributed by atoms with Gasteiger partial charge in [-0.05, 0) is 36.5 Å². The van der Waals surface area contributed by atoms with Crippen molar-refractivity contribution in [2.24, 2.45) is 11.7 Å². The van der Waals surface area contributed by atoms with Crippen LogP contribution < -0.4 is 27.0 Å². The molecule has 7 N–H and O–H groups in total. The Morgan fingerprint density at radius 3 is 2.17 bits per heavy atom. The highest BCUT2D eigenvalue weighted by atomic mass is 32.2. The third kappa shape index (κ3) is 16.9. The van der Waals surface area contributed by atoms with Crippen molar-refractivity contribution in [3.8, 4) is 0 Å². The third-order valence-electron chi connectivity index (χ3n) is 7.68. The lowest BCUT2D eigenvalue weighted by Crippen LogP contribution is -2.55. The van der Waals surface area contributed by atoms with Gasteiger partial charge in [0, 0.05) is 50.8 Å². The molecule has 0 bridgehead atoms. The summed E-state index contributed by atoms with van der Waals surface area (Å²) in [6, 6.07) is 3.42. The number of hydrogen-bond donors (Lipinski definition) is 6. The van der Waals surface area contributed by atoms with Crippen LogP contribution >= 0.6 is 0 Å². The summed E-state index contributed by atoms with van der Waals surface area (Å²) < 4.78 is 40.9. The van der Waals surface area contributed by atoms with Gasteiger partial charge in [0.25, 0.3) is 21.9 Å². The monoisotopic (exact) mass is 781 g/mol. The molecule has 0 fully saturated rings. The van der Waals surface area contributed by atoms with Gasteiger partial charge in [-0.25, -0.2) is 4.79 Å². The van der Waals surface area contributed by atoms with Gasteiger partial charge in [-0.1, -0.05) is 26.0 Å². The van der Waals surface area contributed by atoms with E-state index in [4.69, 9.17) is 19.8 Å². The molecule has 1 aromatic rings. The van der Waals surface area contributed by atoms with Crippen LogP contribution in [0.3, 0.4) is 0 Å². The van der Waals surface area contributed by atoms with Gasteiger partial charge in [-0.2, -0.15) is 8.42 Å². The number of rotatable bonds is 23. The zero-order valence-corrected chi connectivity index (χ0v) is 31.0. The van der Waals surface area contributed by atoms with Gasteiger partial charge in [-0.3, -0.25) is 43.0 Å². The van der Waals surface area contributed by atoms with Crippen LogP contribution in [0.1, 0.15) is 45.6 Å². The van der Waals surface area contributed by atoms with Crippen molar-refractivity contribution in [1.82, 2.24) is 25.8 Å². The number of benzene rings is 1. The van der Waals surface area contributed by atoms with E-state index in [1.807, 2.05) is 0 Å². The number of anilines is 1. The van der Waals surface area contributed by atoms with Crippen LogP contribution in [-0.2, 0) is 59.8 Å². The minimum atomic E-state index is -4.29. The molecule has 0 saturated heterocycles. The van der Waals surface area contributed by atoms with Crippen molar-refractivity contribution in [3.05, 3.63) is 42.0 Å². The number of primary amides is 1. The van der Waals surface area contributed by atoms with E-state index in [1.54, 1.807) is 38.1 Å². The molecule has 1 aliphatic rings. The molecular weight excluding hydrogens is 734 g/mol. The first-order valence-electron chi connectivity index (χ1n) is 16.9. The first-order chi connectivity index (χ1) is 25.4. The Morgan fingerprint density at radius 1 is 0.944 bits per heavy atom. The van der Waals surface area contributed by atoms with E-state index in [0.717, 1.165) is 17.1 Å². The Morgan fingerprint density at radius 2 is 1.59 bits per heavy atom. The summed E-state index contributed by atoms with van der Waals surface area (Å²) in [5.74, 6) is -5.70. The van der Waals surface area contributed by atoms with Crippen LogP contribution in [0.2, 0.25) is 0 Å². The molecule has 20 nitrogen and oxygen atoms in total. The molecule has 2 rings (SSSR count). The molecule has 298 valence electrons. The standard InChI is InChI=1S/C33H47N7O13S/c1-21(2)30(32(47)37-25(5-4-13-35-33(34)48)31(46)36-24-8-6-23(7-9-24)20-53-22(3)41)38-26(42)12-14-39(15-16-52-17-18-54(49,50)51)29(45)19-40-27(43)10-11-28(40)44/h6-11,21,25,30H,4-5,12-20H2,1-3H3,(H,36,46)(H,37,47)(H,38,42)(H3,34,35,48)(H,49,50,51)/t25-,30-/m0/s1. The third-order valence-corrected chi connectivity index (χ3v) is 8.36. The molecule has 0 aromatic heterocycles. The molecule has 0 unspecified atom stereocenters. The number of hydrogen-bond acceptors (Lipinski definition) is 12. The van der Waals surface area contributed by atoms with E-state index in [9.17, 15) is 46.8 Å². The molecule has 0 saturated carbocycles. The maximum Gasteiger partial charge on any atom is 0.312 e. The highest BCUT2D eigenvalue weighted by molar-refractivity contribution is 7.85. The lowest BCUT2D eigenvalue weighted by molar-refractivity contribution is -0.145. The minimum absolute atomic E-state index is 0.0399. The second-order valence-corrected chi connectivity index (χ2v) is 13.9. The van der Waals surface area contributed by atoms with Crippen LogP contribution in [0.4, 0.5) is 10.5 Å². The number of ether oxygens (including phenoxy) is 2. The van der Waals surface area contributed by atoms with Crippen LogP contribution in [0.5, 0.6) is 0 Å². The summed E-state index contributed by atoms with van der Waals surface area (Å²) in [5, 5.41) is 10.4. The highest BCUT2D eigenvalue weighted by Gasteiger charge is 2.30. The predicted octanol–water partition coefficient (Wildman–Crippen LogP) is -1.19. The van der Waals surface area contributed by atoms with Crippen LogP contribution in [0.25, 0.3) is 0 Å². The van der Waals surface area contributed by atoms with Gasteiger partial charge in [0.1, 0.15) is 25.2 Å². The lowest BCUT2D eigenvalue weighted by atomic mass is 10.0. The highest BCUT2D eigenvalue weighted by Crippen LogP contribution is 2.13.